The molecule has 1 heterocycles. The van der Waals surface area contributed by atoms with E-state index in [1.165, 1.54) is 27.2 Å². The monoisotopic (exact) mass is 459 g/mol. The third-order valence-corrected chi connectivity index (χ3v) is 6.20. The molecular formula is C22H25N3O6S. The third kappa shape index (κ3) is 4.92. The second kappa shape index (κ2) is 9.84. The van der Waals surface area contributed by atoms with Gasteiger partial charge in [-0.25, -0.2) is 13.1 Å². The van der Waals surface area contributed by atoms with Crippen molar-refractivity contribution in [3.63, 3.8) is 0 Å². The molecule has 0 radical (unpaired) electrons. The number of ether oxygens (including phenoxy) is 2. The van der Waals surface area contributed by atoms with Crippen molar-refractivity contribution in [1.82, 2.24) is 9.88 Å². The zero-order valence-corrected chi connectivity index (χ0v) is 19.1. The largest absolute Gasteiger partial charge is 0.496 e. The van der Waals surface area contributed by atoms with Gasteiger partial charge in [-0.3, -0.25) is 10.1 Å². The number of hydrogen-bond donors (Lipinski definition) is 2. The van der Waals surface area contributed by atoms with E-state index < -0.39 is 10.0 Å². The second-order valence-electron chi connectivity index (χ2n) is 6.87. The molecule has 2 aromatic carbocycles. The van der Waals surface area contributed by atoms with Crippen LogP contribution >= 0.6 is 0 Å². The van der Waals surface area contributed by atoms with Crippen LogP contribution in [0, 0.1) is 0 Å². The maximum Gasteiger partial charge on any atom is 0.244 e. The van der Waals surface area contributed by atoms with E-state index in [0.29, 0.717) is 34.6 Å². The number of carbonyl (C=O) groups is 1. The molecule has 32 heavy (non-hydrogen) atoms. The number of aryl methyl sites for hydroxylation is 1. The molecule has 0 saturated carbocycles. The van der Waals surface area contributed by atoms with Crippen LogP contribution in [-0.4, -0.2) is 33.7 Å². The lowest BCUT2D eigenvalue weighted by molar-refractivity contribution is -0.114. The van der Waals surface area contributed by atoms with Crippen molar-refractivity contribution < 1.29 is 27.2 Å². The van der Waals surface area contributed by atoms with Crippen molar-refractivity contribution in [3.05, 3.63) is 53.7 Å². The van der Waals surface area contributed by atoms with E-state index in [0.717, 1.165) is 0 Å². The van der Waals surface area contributed by atoms with Crippen molar-refractivity contribution in [2.75, 3.05) is 19.5 Å². The van der Waals surface area contributed by atoms with Gasteiger partial charge in [0.05, 0.1) is 25.5 Å². The van der Waals surface area contributed by atoms with Crippen LogP contribution in [0.5, 0.6) is 11.5 Å². The van der Waals surface area contributed by atoms with Crippen molar-refractivity contribution in [2.45, 2.75) is 31.7 Å². The summed E-state index contributed by atoms with van der Waals surface area (Å²) in [5, 5.41) is 6.59. The van der Waals surface area contributed by atoms with Crippen molar-refractivity contribution in [1.29, 1.82) is 0 Å². The summed E-state index contributed by atoms with van der Waals surface area (Å²) in [7, 11) is -1.04. The summed E-state index contributed by atoms with van der Waals surface area (Å²) in [6.45, 7) is 3.27. The number of nitrogens with one attached hydrogen (secondary N) is 2. The molecule has 3 rings (SSSR count). The molecule has 2 N–H and O–H groups in total. The number of aromatic nitrogens is 1. The van der Waals surface area contributed by atoms with Gasteiger partial charge in [-0.1, -0.05) is 36.3 Å². The lowest BCUT2D eigenvalue weighted by Gasteiger charge is -2.14. The van der Waals surface area contributed by atoms with E-state index in [9.17, 15) is 13.2 Å². The van der Waals surface area contributed by atoms with Gasteiger partial charge in [0, 0.05) is 19.0 Å². The molecule has 3 aromatic rings. The highest BCUT2D eigenvalue weighted by Gasteiger charge is 2.24. The fourth-order valence-corrected chi connectivity index (χ4v) is 4.45. The Kier molecular flexibility index (Phi) is 7.16. The Labute approximate surface area is 186 Å². The summed E-state index contributed by atoms with van der Waals surface area (Å²) < 4.78 is 44.8. The van der Waals surface area contributed by atoms with Crippen LogP contribution in [0.15, 0.2) is 51.9 Å². The van der Waals surface area contributed by atoms with Crippen LogP contribution in [0.3, 0.4) is 0 Å². The van der Waals surface area contributed by atoms with E-state index >= 15 is 0 Å². The zero-order chi connectivity index (χ0) is 23.3. The van der Waals surface area contributed by atoms with Crippen molar-refractivity contribution in [2.24, 2.45) is 0 Å². The minimum atomic E-state index is -3.96. The number of nitrogens with zero attached hydrogens (tertiary/aromatic N) is 1. The van der Waals surface area contributed by atoms with Gasteiger partial charge in [-0.15, -0.1) is 0 Å². The molecule has 0 spiro atoms. The average molecular weight is 460 g/mol. The van der Waals surface area contributed by atoms with Gasteiger partial charge in [0.15, 0.2) is 0 Å². The fourth-order valence-electron chi connectivity index (χ4n) is 3.25. The van der Waals surface area contributed by atoms with Gasteiger partial charge in [-0.05, 0) is 30.2 Å². The number of carbonyl (C=O) groups excluding carboxylic acids is 1. The quantitative estimate of drug-likeness (QED) is 0.503. The van der Waals surface area contributed by atoms with Gasteiger partial charge in [0.1, 0.15) is 16.4 Å². The molecule has 0 aliphatic heterocycles. The molecule has 0 fully saturated rings. The van der Waals surface area contributed by atoms with Crippen LogP contribution in [0.4, 0.5) is 5.88 Å². The number of benzene rings is 2. The Morgan fingerprint density at radius 1 is 1.09 bits per heavy atom. The molecule has 0 saturated heterocycles. The molecule has 1 aromatic heterocycles. The number of amides is 1. The maximum atomic E-state index is 13.2. The minimum absolute atomic E-state index is 0.0321. The van der Waals surface area contributed by atoms with Crippen LogP contribution in [0.2, 0.25) is 0 Å². The van der Waals surface area contributed by atoms with E-state index in [1.54, 1.807) is 36.4 Å². The molecule has 0 aliphatic carbocycles. The molecule has 170 valence electrons. The normalized spacial score (nSPS) is 11.2. The number of sulfonamides is 1. The van der Waals surface area contributed by atoms with Crippen molar-refractivity contribution in [3.8, 4) is 22.6 Å². The van der Waals surface area contributed by atoms with Gasteiger partial charge in [0.25, 0.3) is 0 Å². The molecule has 10 heteroatoms. The Bertz CT molecular complexity index is 1220. The number of hydrogen-bond acceptors (Lipinski definition) is 7. The number of rotatable bonds is 9. The van der Waals surface area contributed by atoms with Crippen molar-refractivity contribution >= 4 is 21.8 Å². The smallest absolute Gasteiger partial charge is 0.244 e. The van der Waals surface area contributed by atoms with E-state index in [2.05, 4.69) is 15.2 Å². The van der Waals surface area contributed by atoms with Crippen LogP contribution in [0.1, 0.15) is 25.1 Å². The molecular weight excluding hydrogens is 434 g/mol. The Hall–Kier alpha value is -3.37. The van der Waals surface area contributed by atoms with E-state index in [4.69, 9.17) is 14.0 Å². The summed E-state index contributed by atoms with van der Waals surface area (Å²) in [5.74, 6) is 0.583. The summed E-state index contributed by atoms with van der Waals surface area (Å²) >= 11 is 0. The first-order valence-corrected chi connectivity index (χ1v) is 11.3. The second-order valence-corrected chi connectivity index (χ2v) is 8.61. The minimum Gasteiger partial charge on any atom is -0.496 e. The standard InChI is InChI=1S/C22H25N3O6S/c1-5-17-21(22(31-25-17)24-14(2)26)15-10-11-19(30-4)20(12-15)32(27,28)23-13-16-8-6-7-9-18(16)29-3/h6-12,23H,5,13H2,1-4H3,(H,24,26). The Balaban J connectivity index is 2.02. The zero-order valence-electron chi connectivity index (χ0n) is 18.3. The molecule has 0 bridgehead atoms. The van der Waals surface area contributed by atoms with E-state index in [1.807, 2.05) is 6.92 Å². The predicted octanol–water partition coefficient (Wildman–Crippen LogP) is 3.36. The first kappa shape index (κ1) is 23.3. The number of para-hydroxylation sites is 1. The Morgan fingerprint density at radius 3 is 2.47 bits per heavy atom. The van der Waals surface area contributed by atoms with Gasteiger partial charge < -0.3 is 14.0 Å². The molecule has 9 nitrogen and oxygen atoms in total. The SMILES string of the molecule is CCc1noc(NC(C)=O)c1-c1ccc(OC)c(S(=O)(=O)NCc2ccccc2OC)c1. The first-order valence-electron chi connectivity index (χ1n) is 9.86. The van der Waals surface area contributed by atoms with E-state index in [-0.39, 0.29) is 29.0 Å². The number of anilines is 1. The molecule has 0 aliphatic rings. The highest BCUT2D eigenvalue weighted by Crippen LogP contribution is 2.36. The highest BCUT2D eigenvalue weighted by molar-refractivity contribution is 7.89. The van der Waals surface area contributed by atoms with Crippen LogP contribution in [0.25, 0.3) is 11.1 Å². The van der Waals surface area contributed by atoms with Gasteiger partial charge in [0.2, 0.25) is 21.8 Å². The highest BCUT2D eigenvalue weighted by atomic mass is 32.2. The molecule has 0 unspecified atom stereocenters. The fraction of sp³-hybridized carbons (Fsp3) is 0.273. The van der Waals surface area contributed by atoms with Gasteiger partial charge >= 0.3 is 0 Å². The Morgan fingerprint density at radius 2 is 1.81 bits per heavy atom. The summed E-state index contributed by atoms with van der Waals surface area (Å²) in [6, 6.07) is 11.9. The summed E-state index contributed by atoms with van der Waals surface area (Å²) in [5.41, 5.74) is 2.31. The summed E-state index contributed by atoms with van der Waals surface area (Å²) in [6.07, 6.45) is 0.526. The lowest BCUT2D eigenvalue weighted by atomic mass is 10.0. The first-order chi connectivity index (χ1) is 15.3. The molecule has 0 atom stereocenters. The lowest BCUT2D eigenvalue weighted by Crippen LogP contribution is -2.24. The maximum absolute atomic E-state index is 13.2. The van der Waals surface area contributed by atoms with Crippen LogP contribution < -0.4 is 19.5 Å². The predicted molar refractivity (Wildman–Crippen MR) is 119 cm³/mol. The van der Waals surface area contributed by atoms with Gasteiger partial charge in [-0.2, -0.15) is 0 Å². The average Bonchev–Trinajstić information content (AvgIpc) is 3.19. The molecule has 1 amide bonds. The summed E-state index contributed by atoms with van der Waals surface area (Å²) in [4.78, 5) is 11.5. The number of methoxy groups -OCH3 is 2. The van der Waals surface area contributed by atoms with Crippen LogP contribution in [-0.2, 0) is 27.8 Å². The topological polar surface area (TPSA) is 120 Å². The third-order valence-electron chi connectivity index (χ3n) is 4.77.